The second-order valence-corrected chi connectivity index (χ2v) is 14.5. The fourth-order valence-corrected chi connectivity index (χ4v) is 8.83. The smallest absolute Gasteiger partial charge is 0.160 e. The first-order valence-corrected chi connectivity index (χ1v) is 19.0. The number of para-hydroxylation sites is 4. The molecule has 56 heavy (non-hydrogen) atoms. The van der Waals surface area contributed by atoms with Crippen LogP contribution < -0.4 is 4.90 Å². The fraction of sp³-hybridized carbons (Fsp3) is 0. The van der Waals surface area contributed by atoms with Gasteiger partial charge in [-0.2, -0.15) is 0 Å². The lowest BCUT2D eigenvalue weighted by Crippen LogP contribution is -2.10. The van der Waals surface area contributed by atoms with Crippen molar-refractivity contribution in [1.82, 2.24) is 4.57 Å². The lowest BCUT2D eigenvalue weighted by molar-refractivity contribution is 0.662. The fourth-order valence-electron chi connectivity index (χ4n) is 8.83. The molecule has 0 radical (unpaired) electrons. The third-order valence-corrected chi connectivity index (χ3v) is 11.4. The van der Waals surface area contributed by atoms with E-state index in [-0.39, 0.29) is 0 Å². The van der Waals surface area contributed by atoms with Crippen LogP contribution in [0.15, 0.2) is 203 Å². The highest BCUT2D eigenvalue weighted by Gasteiger charge is 2.26. The molecule has 0 bridgehead atoms. The van der Waals surface area contributed by atoms with Gasteiger partial charge in [-0.3, -0.25) is 0 Å². The van der Waals surface area contributed by atoms with E-state index in [9.17, 15) is 0 Å². The van der Waals surface area contributed by atoms with Crippen molar-refractivity contribution < 1.29 is 8.83 Å². The number of hydrogen-bond acceptors (Lipinski definition) is 3. The molecule has 0 saturated carbocycles. The quantitative estimate of drug-likeness (QED) is 0.178. The summed E-state index contributed by atoms with van der Waals surface area (Å²) in [6.07, 6.45) is 0. The van der Waals surface area contributed by atoms with E-state index in [1.54, 1.807) is 0 Å². The predicted octanol–water partition coefficient (Wildman–Crippen LogP) is 14.9. The number of furan rings is 2. The normalized spacial score (nSPS) is 11.9. The number of aromatic nitrogens is 1. The van der Waals surface area contributed by atoms with E-state index in [1.807, 2.05) is 12.1 Å². The lowest BCUT2D eigenvalue weighted by atomic mass is 10.0. The van der Waals surface area contributed by atoms with Gasteiger partial charge in [0.05, 0.1) is 22.1 Å². The molecular weight excluding hydrogens is 685 g/mol. The molecule has 3 heterocycles. The van der Waals surface area contributed by atoms with Crippen molar-refractivity contribution in [2.24, 2.45) is 0 Å². The largest absolute Gasteiger partial charge is 0.456 e. The van der Waals surface area contributed by atoms with Crippen molar-refractivity contribution in [2.45, 2.75) is 0 Å². The molecule has 12 aromatic rings. The van der Waals surface area contributed by atoms with Gasteiger partial charge in [-0.05, 0) is 76.5 Å². The zero-order chi connectivity index (χ0) is 36.7. The summed E-state index contributed by atoms with van der Waals surface area (Å²) in [5, 5.41) is 8.87. The molecule has 3 aromatic heterocycles. The van der Waals surface area contributed by atoms with Crippen molar-refractivity contribution in [3.05, 3.63) is 194 Å². The van der Waals surface area contributed by atoms with Gasteiger partial charge < -0.3 is 18.3 Å². The Labute approximate surface area is 321 Å². The van der Waals surface area contributed by atoms with Crippen LogP contribution in [-0.2, 0) is 0 Å². The molecule has 0 amide bonds. The zero-order valence-corrected chi connectivity index (χ0v) is 30.2. The molecular formula is C52H32N2O2. The van der Waals surface area contributed by atoms with Crippen molar-refractivity contribution in [3.8, 4) is 16.8 Å². The van der Waals surface area contributed by atoms with Crippen molar-refractivity contribution in [1.29, 1.82) is 0 Å². The van der Waals surface area contributed by atoms with Gasteiger partial charge in [0.25, 0.3) is 0 Å². The van der Waals surface area contributed by atoms with Crippen LogP contribution in [0, 0.1) is 0 Å². The van der Waals surface area contributed by atoms with Gasteiger partial charge in [0, 0.05) is 38.3 Å². The topological polar surface area (TPSA) is 34.5 Å². The number of benzene rings is 9. The second-order valence-electron chi connectivity index (χ2n) is 14.5. The first kappa shape index (κ1) is 30.9. The molecule has 262 valence electrons. The van der Waals surface area contributed by atoms with E-state index < -0.39 is 0 Å². The van der Waals surface area contributed by atoms with E-state index in [1.165, 1.54) is 32.7 Å². The average Bonchev–Trinajstić information content (AvgIpc) is 3.94. The summed E-state index contributed by atoms with van der Waals surface area (Å²) < 4.78 is 16.4. The van der Waals surface area contributed by atoms with Gasteiger partial charge in [-0.1, -0.05) is 140 Å². The first-order chi connectivity index (χ1) is 27.8. The van der Waals surface area contributed by atoms with Crippen LogP contribution in [0.25, 0.3) is 93.3 Å². The number of hydrogen-bond donors (Lipinski definition) is 0. The summed E-state index contributed by atoms with van der Waals surface area (Å²) in [5.41, 5.74) is 11.9. The Kier molecular flexibility index (Phi) is 6.60. The van der Waals surface area contributed by atoms with E-state index in [4.69, 9.17) is 8.83 Å². The van der Waals surface area contributed by atoms with Crippen molar-refractivity contribution in [2.75, 3.05) is 4.90 Å². The monoisotopic (exact) mass is 716 g/mol. The highest BCUT2D eigenvalue weighted by Crippen LogP contribution is 2.48. The molecule has 0 saturated heterocycles. The SMILES string of the molecule is c1ccc(-c2ccc(N(c3ccc4ccccc4c3)c3cccc4c3oc3c(-n5c6ccccc6c6ccccc65)c5c(cc34)oc3ccccc35)cc2)cc1. The molecule has 0 aliphatic rings. The molecule has 4 heteroatoms. The number of fused-ring (bicyclic) bond motifs is 10. The molecule has 0 aliphatic carbocycles. The molecule has 0 N–H and O–H groups in total. The molecule has 0 fully saturated rings. The third-order valence-electron chi connectivity index (χ3n) is 11.4. The summed E-state index contributed by atoms with van der Waals surface area (Å²) in [5.74, 6) is 0. The molecule has 0 spiro atoms. The van der Waals surface area contributed by atoms with Crippen LogP contribution in [0.3, 0.4) is 0 Å². The van der Waals surface area contributed by atoms with Crippen LogP contribution in [0.2, 0.25) is 0 Å². The first-order valence-electron chi connectivity index (χ1n) is 19.0. The summed E-state index contributed by atoms with van der Waals surface area (Å²) in [6.45, 7) is 0. The van der Waals surface area contributed by atoms with E-state index in [2.05, 4.69) is 191 Å². The minimum Gasteiger partial charge on any atom is -0.456 e. The van der Waals surface area contributed by atoms with Crippen LogP contribution in [0.1, 0.15) is 0 Å². The van der Waals surface area contributed by atoms with Crippen LogP contribution in [-0.4, -0.2) is 4.57 Å². The third kappa shape index (κ3) is 4.53. The van der Waals surface area contributed by atoms with Crippen molar-refractivity contribution in [3.63, 3.8) is 0 Å². The summed E-state index contributed by atoms with van der Waals surface area (Å²) >= 11 is 0. The predicted molar refractivity (Wildman–Crippen MR) is 233 cm³/mol. The number of nitrogens with zero attached hydrogens (tertiary/aromatic N) is 2. The Morgan fingerprint density at radius 2 is 1.00 bits per heavy atom. The maximum atomic E-state index is 7.36. The van der Waals surface area contributed by atoms with E-state index in [0.29, 0.717) is 0 Å². The number of rotatable bonds is 5. The second kappa shape index (κ2) is 12.0. The molecule has 12 rings (SSSR count). The zero-order valence-electron chi connectivity index (χ0n) is 30.2. The van der Waals surface area contributed by atoms with Gasteiger partial charge in [-0.25, -0.2) is 0 Å². The average molecular weight is 717 g/mol. The standard InChI is InChI=1S/C52H32N2O2/c1-2-13-33(14-3-1)35-25-28-37(29-26-35)53(38-30-27-34-15-4-5-16-36(34)31-38)46-23-12-20-41-43-32-48-49(42-19-8-11-24-47(42)55-48)50(52(43)56-51(41)46)54-44-21-9-6-17-39(44)40-18-7-10-22-45(40)54/h1-32H. The maximum absolute atomic E-state index is 7.36. The van der Waals surface area contributed by atoms with Gasteiger partial charge in [0.15, 0.2) is 11.2 Å². The molecule has 0 aliphatic heterocycles. The van der Waals surface area contributed by atoms with Gasteiger partial charge in [-0.15, -0.1) is 0 Å². The Morgan fingerprint density at radius 1 is 0.375 bits per heavy atom. The maximum Gasteiger partial charge on any atom is 0.160 e. The molecule has 0 atom stereocenters. The van der Waals surface area contributed by atoms with Gasteiger partial charge >= 0.3 is 0 Å². The summed E-state index contributed by atoms with van der Waals surface area (Å²) in [6, 6.07) is 68.8. The Balaban J connectivity index is 1.18. The van der Waals surface area contributed by atoms with Gasteiger partial charge in [0.1, 0.15) is 16.9 Å². The van der Waals surface area contributed by atoms with Crippen LogP contribution in [0.5, 0.6) is 0 Å². The number of anilines is 3. The molecule has 0 unspecified atom stereocenters. The van der Waals surface area contributed by atoms with E-state index >= 15 is 0 Å². The minimum atomic E-state index is 0.807. The van der Waals surface area contributed by atoms with Gasteiger partial charge in [0.2, 0.25) is 0 Å². The highest BCUT2D eigenvalue weighted by atomic mass is 16.3. The lowest BCUT2D eigenvalue weighted by Gasteiger charge is -2.26. The minimum absolute atomic E-state index is 0.807. The Morgan fingerprint density at radius 3 is 1.79 bits per heavy atom. The van der Waals surface area contributed by atoms with Crippen LogP contribution in [0.4, 0.5) is 17.1 Å². The molecule has 9 aromatic carbocycles. The van der Waals surface area contributed by atoms with Crippen LogP contribution >= 0.6 is 0 Å². The summed E-state index contributed by atoms with van der Waals surface area (Å²) in [7, 11) is 0. The highest BCUT2D eigenvalue weighted by molar-refractivity contribution is 6.23. The Bertz CT molecular complexity index is 3430. The van der Waals surface area contributed by atoms with Crippen molar-refractivity contribution >= 4 is 93.5 Å². The van der Waals surface area contributed by atoms with E-state index in [0.717, 1.165) is 77.7 Å². The summed E-state index contributed by atoms with van der Waals surface area (Å²) in [4.78, 5) is 2.32. The Hall–Kier alpha value is -7.56. The molecule has 4 nitrogen and oxygen atoms in total.